The topological polar surface area (TPSA) is 35.8 Å². The van der Waals surface area contributed by atoms with Crippen LogP contribution >= 0.6 is 27.3 Å². The van der Waals surface area contributed by atoms with E-state index in [2.05, 4.69) is 44.1 Å². The molecule has 1 aliphatic rings. The molecule has 4 rings (SSSR count). The minimum Gasteiger partial charge on any atom is -0.497 e. The zero-order chi connectivity index (χ0) is 18.6. The number of halogens is 1. The van der Waals surface area contributed by atoms with E-state index in [1.165, 1.54) is 11.3 Å². The first-order valence-electron chi connectivity index (χ1n) is 8.97. The summed E-state index contributed by atoms with van der Waals surface area (Å²) in [6, 6.07) is 16.2. The van der Waals surface area contributed by atoms with Crippen molar-refractivity contribution in [3.05, 3.63) is 63.2 Å². The van der Waals surface area contributed by atoms with E-state index < -0.39 is 0 Å². The summed E-state index contributed by atoms with van der Waals surface area (Å²) in [5.74, 6) is 0.811. The van der Waals surface area contributed by atoms with E-state index in [4.69, 9.17) is 14.5 Å². The highest BCUT2D eigenvalue weighted by Crippen LogP contribution is 2.26. The summed E-state index contributed by atoms with van der Waals surface area (Å²) >= 11 is 5.23. The molecule has 0 bridgehead atoms. The van der Waals surface area contributed by atoms with Crippen LogP contribution in [-0.4, -0.2) is 24.4 Å². The lowest BCUT2D eigenvalue weighted by atomic mass is 10.1. The Kier molecular flexibility index (Phi) is 5.76. The average molecular weight is 445 g/mol. The third-order valence-corrected chi connectivity index (χ3v) is 5.96. The van der Waals surface area contributed by atoms with Crippen molar-refractivity contribution < 1.29 is 9.47 Å². The standard InChI is InChI=1S/C21H21BrN2O2S/c1-25-18-8-3-7-17(12-18)23-21-24(13-19-9-4-10-26-19)20(14-27-21)15-5-2-6-16(22)11-15/h2-3,5-8,11-12,14,19H,4,9-10,13H2,1H3. The molecular weight excluding hydrogens is 424 g/mol. The van der Waals surface area contributed by atoms with Crippen LogP contribution in [0.1, 0.15) is 12.8 Å². The predicted molar refractivity (Wildman–Crippen MR) is 113 cm³/mol. The van der Waals surface area contributed by atoms with Gasteiger partial charge in [-0.1, -0.05) is 34.1 Å². The molecule has 1 saturated heterocycles. The lowest BCUT2D eigenvalue weighted by molar-refractivity contribution is 0.0968. The smallest absolute Gasteiger partial charge is 0.190 e. The molecule has 3 aromatic rings. The maximum atomic E-state index is 5.90. The zero-order valence-corrected chi connectivity index (χ0v) is 17.5. The Labute approximate surface area is 171 Å². The molecular formula is C21H21BrN2O2S. The summed E-state index contributed by atoms with van der Waals surface area (Å²) in [5, 5.41) is 2.18. The monoisotopic (exact) mass is 444 g/mol. The normalized spacial score (nSPS) is 17.4. The fraction of sp³-hybridized carbons (Fsp3) is 0.286. The van der Waals surface area contributed by atoms with E-state index in [9.17, 15) is 0 Å². The van der Waals surface area contributed by atoms with Gasteiger partial charge in [0.2, 0.25) is 0 Å². The van der Waals surface area contributed by atoms with Gasteiger partial charge in [0.05, 0.1) is 31.1 Å². The Hall–Kier alpha value is -1.89. The van der Waals surface area contributed by atoms with E-state index >= 15 is 0 Å². The molecule has 2 aromatic carbocycles. The highest BCUT2D eigenvalue weighted by Gasteiger charge is 2.19. The van der Waals surface area contributed by atoms with Gasteiger partial charge in [-0.15, -0.1) is 11.3 Å². The van der Waals surface area contributed by atoms with Crippen LogP contribution < -0.4 is 9.54 Å². The first-order valence-corrected chi connectivity index (χ1v) is 10.6. The van der Waals surface area contributed by atoms with Gasteiger partial charge in [0.1, 0.15) is 5.75 Å². The highest BCUT2D eigenvalue weighted by atomic mass is 79.9. The van der Waals surface area contributed by atoms with Crippen LogP contribution in [0.2, 0.25) is 0 Å². The quantitative estimate of drug-likeness (QED) is 0.527. The Balaban J connectivity index is 1.79. The Morgan fingerprint density at radius 2 is 2.15 bits per heavy atom. The van der Waals surface area contributed by atoms with Gasteiger partial charge in [0, 0.05) is 28.1 Å². The van der Waals surface area contributed by atoms with Crippen LogP contribution in [0.4, 0.5) is 5.69 Å². The Bertz CT molecular complexity index is 990. The van der Waals surface area contributed by atoms with E-state index in [1.807, 2.05) is 30.3 Å². The summed E-state index contributed by atoms with van der Waals surface area (Å²) in [4.78, 5) is 5.86. The lowest BCUT2D eigenvalue weighted by Crippen LogP contribution is -2.24. The van der Waals surface area contributed by atoms with Crippen LogP contribution in [0, 0.1) is 0 Å². The second-order valence-corrected chi connectivity index (χ2v) is 8.23. The van der Waals surface area contributed by atoms with Crippen LogP contribution in [0.3, 0.4) is 0 Å². The number of hydrogen-bond acceptors (Lipinski definition) is 4. The molecule has 1 aliphatic heterocycles. The summed E-state index contributed by atoms with van der Waals surface area (Å²) in [6.07, 6.45) is 2.47. The molecule has 1 aromatic heterocycles. The van der Waals surface area contributed by atoms with Crippen molar-refractivity contribution in [2.45, 2.75) is 25.5 Å². The number of nitrogens with zero attached hydrogens (tertiary/aromatic N) is 2. The molecule has 140 valence electrons. The first kappa shape index (κ1) is 18.5. The van der Waals surface area contributed by atoms with Gasteiger partial charge in [-0.3, -0.25) is 0 Å². The molecule has 1 unspecified atom stereocenters. The summed E-state index contributed by atoms with van der Waals surface area (Å²) in [7, 11) is 1.67. The predicted octanol–water partition coefficient (Wildman–Crippen LogP) is 5.40. The molecule has 27 heavy (non-hydrogen) atoms. The van der Waals surface area contributed by atoms with E-state index in [0.29, 0.717) is 0 Å². The highest BCUT2D eigenvalue weighted by molar-refractivity contribution is 9.10. The van der Waals surface area contributed by atoms with E-state index in [0.717, 1.165) is 46.7 Å². The van der Waals surface area contributed by atoms with Crippen molar-refractivity contribution in [2.24, 2.45) is 4.99 Å². The number of hydrogen-bond donors (Lipinski definition) is 0. The summed E-state index contributed by atoms with van der Waals surface area (Å²) in [6.45, 7) is 1.66. The summed E-state index contributed by atoms with van der Waals surface area (Å²) in [5.41, 5.74) is 3.22. The van der Waals surface area contributed by atoms with Gasteiger partial charge in [0.25, 0.3) is 0 Å². The van der Waals surface area contributed by atoms with Crippen LogP contribution in [-0.2, 0) is 11.3 Å². The number of methoxy groups -OCH3 is 1. The van der Waals surface area contributed by atoms with Crippen molar-refractivity contribution in [3.63, 3.8) is 0 Å². The van der Waals surface area contributed by atoms with Crippen molar-refractivity contribution >= 4 is 33.0 Å². The fourth-order valence-electron chi connectivity index (χ4n) is 3.26. The van der Waals surface area contributed by atoms with Crippen molar-refractivity contribution in [1.82, 2.24) is 4.57 Å². The fourth-order valence-corrected chi connectivity index (χ4v) is 4.59. The van der Waals surface area contributed by atoms with Gasteiger partial charge < -0.3 is 14.0 Å². The van der Waals surface area contributed by atoms with Crippen LogP contribution in [0.5, 0.6) is 5.75 Å². The average Bonchev–Trinajstić information content (AvgIpc) is 3.33. The molecule has 0 amide bonds. The number of ether oxygens (including phenoxy) is 2. The van der Waals surface area contributed by atoms with Gasteiger partial charge in [-0.05, 0) is 37.1 Å². The molecule has 6 heteroatoms. The molecule has 0 aliphatic carbocycles. The maximum absolute atomic E-state index is 5.90. The third-order valence-electron chi connectivity index (χ3n) is 4.61. The van der Waals surface area contributed by atoms with Crippen molar-refractivity contribution in [1.29, 1.82) is 0 Å². The minimum absolute atomic E-state index is 0.245. The van der Waals surface area contributed by atoms with E-state index in [-0.39, 0.29) is 6.10 Å². The molecule has 0 saturated carbocycles. The molecule has 0 radical (unpaired) electrons. The lowest BCUT2D eigenvalue weighted by Gasteiger charge is -2.14. The Morgan fingerprint density at radius 1 is 1.26 bits per heavy atom. The van der Waals surface area contributed by atoms with Crippen molar-refractivity contribution in [3.8, 4) is 17.0 Å². The third kappa shape index (κ3) is 4.34. The summed E-state index contributed by atoms with van der Waals surface area (Å²) < 4.78 is 14.6. The van der Waals surface area contributed by atoms with Crippen molar-refractivity contribution in [2.75, 3.05) is 13.7 Å². The number of thiazole rings is 1. The SMILES string of the molecule is COc1cccc(N=c2scc(-c3cccc(Br)c3)n2CC2CCCO2)c1. The maximum Gasteiger partial charge on any atom is 0.190 e. The van der Waals surface area contributed by atoms with Gasteiger partial charge in [-0.2, -0.15) is 0 Å². The molecule has 1 atom stereocenters. The minimum atomic E-state index is 0.245. The number of aromatic nitrogens is 1. The molecule has 1 fully saturated rings. The largest absolute Gasteiger partial charge is 0.497 e. The molecule has 0 N–H and O–H groups in total. The second-order valence-electron chi connectivity index (χ2n) is 6.47. The molecule has 4 nitrogen and oxygen atoms in total. The molecule has 0 spiro atoms. The van der Waals surface area contributed by atoms with Gasteiger partial charge in [0.15, 0.2) is 4.80 Å². The van der Waals surface area contributed by atoms with Gasteiger partial charge in [-0.25, -0.2) is 4.99 Å². The van der Waals surface area contributed by atoms with Gasteiger partial charge >= 0.3 is 0 Å². The van der Waals surface area contributed by atoms with E-state index in [1.54, 1.807) is 18.4 Å². The van der Waals surface area contributed by atoms with Crippen LogP contribution in [0.25, 0.3) is 11.3 Å². The van der Waals surface area contributed by atoms with Crippen LogP contribution in [0.15, 0.2) is 63.4 Å². The molecule has 2 heterocycles. The second kappa shape index (κ2) is 8.42. The first-order chi connectivity index (χ1) is 13.2. The Morgan fingerprint density at radius 3 is 2.93 bits per heavy atom. The zero-order valence-electron chi connectivity index (χ0n) is 15.1. The number of rotatable bonds is 5. The number of benzene rings is 2.